The fraction of sp³-hybridized carbons (Fsp3) is 0.556. The first-order chi connectivity index (χ1) is 8.60. The van der Waals surface area contributed by atoms with Gasteiger partial charge in [0.15, 0.2) is 15.5 Å². The summed E-state index contributed by atoms with van der Waals surface area (Å²) in [5, 5.41) is 8.66. The number of thiazole rings is 1. The Labute approximate surface area is 110 Å². The van der Waals surface area contributed by atoms with Crippen molar-refractivity contribution in [1.82, 2.24) is 4.98 Å². The Kier molecular flexibility index (Phi) is 3.33. The molecule has 10 heteroatoms. The molecule has 0 radical (unpaired) electrons. The molecule has 1 aliphatic rings. The maximum Gasteiger partial charge on any atom is 0.435 e. The lowest BCUT2D eigenvalue weighted by Gasteiger charge is -2.03. The van der Waals surface area contributed by atoms with Crippen molar-refractivity contribution >= 4 is 27.1 Å². The molecule has 1 unspecified atom stereocenters. The van der Waals surface area contributed by atoms with E-state index in [1.165, 1.54) is 0 Å². The Balaban J connectivity index is 2.42. The van der Waals surface area contributed by atoms with E-state index in [1.54, 1.807) is 0 Å². The molecule has 0 aliphatic carbocycles. The van der Waals surface area contributed by atoms with Crippen LogP contribution in [-0.2, 0) is 16.0 Å². The summed E-state index contributed by atoms with van der Waals surface area (Å²) in [6.45, 7) is 0. The van der Waals surface area contributed by atoms with Crippen LogP contribution in [0.1, 0.15) is 32.7 Å². The van der Waals surface area contributed by atoms with E-state index >= 15 is 0 Å². The van der Waals surface area contributed by atoms with Crippen molar-refractivity contribution in [3.05, 3.63) is 15.6 Å². The fourth-order valence-corrected chi connectivity index (χ4v) is 4.75. The Hall–Kier alpha value is -1.16. The molecule has 0 aromatic carbocycles. The summed E-state index contributed by atoms with van der Waals surface area (Å²) in [7, 11) is -3.26. The number of rotatable bonds is 2. The van der Waals surface area contributed by atoms with Crippen molar-refractivity contribution in [3.63, 3.8) is 0 Å². The van der Waals surface area contributed by atoms with Gasteiger partial charge in [-0.25, -0.2) is 18.2 Å². The molecule has 0 saturated carbocycles. The van der Waals surface area contributed by atoms with E-state index in [4.69, 9.17) is 5.11 Å². The number of carboxylic acid groups (broad SMARTS) is 1. The number of aromatic nitrogens is 1. The average molecular weight is 315 g/mol. The van der Waals surface area contributed by atoms with Crippen molar-refractivity contribution < 1.29 is 31.5 Å². The van der Waals surface area contributed by atoms with Crippen LogP contribution in [0.25, 0.3) is 0 Å². The van der Waals surface area contributed by atoms with Gasteiger partial charge in [0.05, 0.1) is 16.5 Å². The number of hydrogen-bond acceptors (Lipinski definition) is 5. The van der Waals surface area contributed by atoms with Gasteiger partial charge in [0.25, 0.3) is 0 Å². The van der Waals surface area contributed by atoms with Crippen LogP contribution in [0.2, 0.25) is 0 Å². The Bertz CT molecular complexity index is 620. The molecule has 0 amide bonds. The van der Waals surface area contributed by atoms with Gasteiger partial charge in [-0.3, -0.25) is 0 Å². The molecule has 106 valence electrons. The first kappa shape index (κ1) is 14.3. The van der Waals surface area contributed by atoms with Crippen LogP contribution in [0.15, 0.2) is 0 Å². The third-order valence-electron chi connectivity index (χ3n) is 2.69. The predicted octanol–water partition coefficient (Wildman–Crippen LogP) is 1.76. The first-order valence-electron chi connectivity index (χ1n) is 5.12. The number of carboxylic acids is 1. The number of alkyl halides is 3. The molecular formula is C9H8F3NO4S2. The summed E-state index contributed by atoms with van der Waals surface area (Å²) in [5.74, 6) is -2.75. The fourth-order valence-electron chi connectivity index (χ4n) is 1.84. The van der Waals surface area contributed by atoms with Gasteiger partial charge in [-0.05, 0) is 6.42 Å². The monoisotopic (exact) mass is 315 g/mol. The van der Waals surface area contributed by atoms with Crippen molar-refractivity contribution in [2.75, 3.05) is 11.5 Å². The minimum absolute atomic E-state index is 0.0780. The van der Waals surface area contributed by atoms with Crippen LogP contribution >= 0.6 is 11.3 Å². The van der Waals surface area contributed by atoms with Crippen molar-refractivity contribution in [2.45, 2.75) is 18.5 Å². The molecule has 1 aliphatic heterocycles. The topological polar surface area (TPSA) is 84.3 Å². The SMILES string of the molecule is O=C(O)c1sc(C2CCS(=O)(=O)C2)nc1C(F)(F)F. The number of halogens is 3. The third-order valence-corrected chi connectivity index (χ3v) is 5.66. The summed E-state index contributed by atoms with van der Waals surface area (Å²) in [6, 6.07) is 0. The lowest BCUT2D eigenvalue weighted by molar-refractivity contribution is -0.141. The molecule has 1 saturated heterocycles. The molecule has 5 nitrogen and oxygen atoms in total. The quantitative estimate of drug-likeness (QED) is 0.899. The minimum Gasteiger partial charge on any atom is -0.477 e. The van der Waals surface area contributed by atoms with Gasteiger partial charge in [0.1, 0.15) is 4.88 Å². The van der Waals surface area contributed by atoms with E-state index in [0.29, 0.717) is 11.3 Å². The van der Waals surface area contributed by atoms with Crippen LogP contribution in [0.3, 0.4) is 0 Å². The maximum atomic E-state index is 12.6. The van der Waals surface area contributed by atoms with Gasteiger partial charge >= 0.3 is 12.1 Å². The molecular weight excluding hydrogens is 307 g/mol. The average Bonchev–Trinajstić information content (AvgIpc) is 2.79. The highest BCUT2D eigenvalue weighted by Gasteiger charge is 2.41. The summed E-state index contributed by atoms with van der Waals surface area (Å²) >= 11 is 0.397. The van der Waals surface area contributed by atoms with E-state index in [1.807, 2.05) is 0 Å². The van der Waals surface area contributed by atoms with Crippen molar-refractivity contribution in [3.8, 4) is 0 Å². The predicted molar refractivity (Wildman–Crippen MR) is 60.1 cm³/mol. The lowest BCUT2D eigenvalue weighted by atomic mass is 10.1. The molecule has 1 N–H and O–H groups in total. The zero-order valence-corrected chi connectivity index (χ0v) is 10.9. The van der Waals surface area contributed by atoms with E-state index in [2.05, 4.69) is 4.98 Å². The molecule has 1 atom stereocenters. The van der Waals surface area contributed by atoms with Gasteiger partial charge in [0.2, 0.25) is 0 Å². The second-order valence-corrected chi connectivity index (χ2v) is 7.39. The normalized spacial score (nSPS) is 22.6. The highest BCUT2D eigenvalue weighted by molar-refractivity contribution is 7.91. The number of aromatic carboxylic acids is 1. The smallest absolute Gasteiger partial charge is 0.435 e. The Morgan fingerprint density at radius 2 is 2.05 bits per heavy atom. The van der Waals surface area contributed by atoms with E-state index in [0.717, 1.165) is 0 Å². The summed E-state index contributed by atoms with van der Waals surface area (Å²) in [6.07, 6.45) is -4.69. The summed E-state index contributed by atoms with van der Waals surface area (Å²) in [4.78, 5) is 13.2. The number of sulfone groups is 1. The number of nitrogens with zero attached hydrogens (tertiary/aromatic N) is 1. The third kappa shape index (κ3) is 2.89. The van der Waals surface area contributed by atoms with Crippen LogP contribution < -0.4 is 0 Å². The molecule has 19 heavy (non-hydrogen) atoms. The molecule has 0 bridgehead atoms. The zero-order valence-electron chi connectivity index (χ0n) is 9.27. The van der Waals surface area contributed by atoms with Crippen LogP contribution in [-0.4, -0.2) is 36.0 Å². The van der Waals surface area contributed by atoms with Gasteiger partial charge < -0.3 is 5.11 Å². The first-order valence-corrected chi connectivity index (χ1v) is 7.75. The summed E-state index contributed by atoms with van der Waals surface area (Å²) < 4.78 is 60.4. The minimum atomic E-state index is -4.86. The second kappa shape index (κ2) is 4.44. The van der Waals surface area contributed by atoms with Gasteiger partial charge in [0, 0.05) is 5.92 Å². The van der Waals surface area contributed by atoms with Crippen LogP contribution in [0.5, 0.6) is 0 Å². The molecule has 2 rings (SSSR count). The van der Waals surface area contributed by atoms with E-state index in [-0.39, 0.29) is 22.9 Å². The highest BCUT2D eigenvalue weighted by Crippen LogP contribution is 2.39. The summed E-state index contributed by atoms with van der Waals surface area (Å²) in [5.41, 5.74) is -1.45. The van der Waals surface area contributed by atoms with Crippen molar-refractivity contribution in [2.24, 2.45) is 0 Å². The number of hydrogen-bond donors (Lipinski definition) is 1. The Morgan fingerprint density at radius 3 is 2.42 bits per heavy atom. The van der Waals surface area contributed by atoms with E-state index < -0.39 is 38.5 Å². The zero-order chi connectivity index (χ0) is 14.4. The van der Waals surface area contributed by atoms with Gasteiger partial charge in [-0.1, -0.05) is 0 Å². The highest BCUT2D eigenvalue weighted by atomic mass is 32.2. The molecule has 0 spiro atoms. The van der Waals surface area contributed by atoms with Crippen LogP contribution in [0, 0.1) is 0 Å². The molecule has 1 aromatic heterocycles. The van der Waals surface area contributed by atoms with E-state index in [9.17, 15) is 26.4 Å². The van der Waals surface area contributed by atoms with Crippen LogP contribution in [0.4, 0.5) is 13.2 Å². The van der Waals surface area contributed by atoms with Crippen molar-refractivity contribution in [1.29, 1.82) is 0 Å². The number of carbonyl (C=O) groups is 1. The second-order valence-electron chi connectivity index (χ2n) is 4.13. The lowest BCUT2D eigenvalue weighted by Crippen LogP contribution is -2.11. The van der Waals surface area contributed by atoms with Gasteiger partial charge in [-0.15, -0.1) is 11.3 Å². The van der Waals surface area contributed by atoms with Gasteiger partial charge in [-0.2, -0.15) is 13.2 Å². The standard InChI is InChI=1S/C9H8F3NO4S2/c10-9(11,12)6-5(8(14)15)18-7(13-6)4-1-2-19(16,17)3-4/h4H,1-3H2,(H,14,15). The molecule has 1 aromatic rings. The maximum absolute atomic E-state index is 12.6. The Morgan fingerprint density at radius 1 is 1.42 bits per heavy atom. The molecule has 1 fully saturated rings. The molecule has 2 heterocycles. The largest absolute Gasteiger partial charge is 0.477 e.